The number of fused-ring (bicyclic) bond motifs is 1. The minimum absolute atomic E-state index is 0.268. The van der Waals surface area contributed by atoms with Crippen LogP contribution in [-0.4, -0.2) is 19.4 Å². The van der Waals surface area contributed by atoms with Gasteiger partial charge in [-0.15, -0.1) is 0 Å². The van der Waals surface area contributed by atoms with Gasteiger partial charge in [0.1, 0.15) is 0 Å². The predicted octanol–water partition coefficient (Wildman–Crippen LogP) is 2.22. The van der Waals surface area contributed by atoms with E-state index in [9.17, 15) is 8.42 Å². The van der Waals surface area contributed by atoms with Crippen molar-refractivity contribution >= 4 is 9.84 Å². The van der Waals surface area contributed by atoms with Gasteiger partial charge in [-0.2, -0.15) is 0 Å². The Kier molecular flexibility index (Phi) is 4.07. The summed E-state index contributed by atoms with van der Waals surface area (Å²) in [6.07, 6.45) is 3.11. The topological polar surface area (TPSA) is 60.2 Å². The summed E-state index contributed by atoms with van der Waals surface area (Å²) in [6, 6.07) is 7.56. The molecule has 1 aliphatic carbocycles. The molecule has 0 saturated carbocycles. The molecule has 1 aromatic rings. The molecule has 3 nitrogen and oxygen atoms in total. The van der Waals surface area contributed by atoms with Crippen LogP contribution in [0.5, 0.6) is 0 Å². The Hall–Kier alpha value is -0.870. The lowest BCUT2D eigenvalue weighted by Crippen LogP contribution is -2.38. The molecule has 1 aromatic carbocycles. The minimum atomic E-state index is -3.06. The molecule has 0 amide bonds. The maximum absolute atomic E-state index is 12.3. The zero-order chi connectivity index (χ0) is 13.2. The highest BCUT2D eigenvalue weighted by Crippen LogP contribution is 2.32. The van der Waals surface area contributed by atoms with Gasteiger partial charge in [0.05, 0.1) is 11.0 Å². The fourth-order valence-electron chi connectivity index (χ4n) is 2.66. The molecule has 0 aromatic heterocycles. The van der Waals surface area contributed by atoms with Gasteiger partial charge >= 0.3 is 0 Å². The third-order valence-corrected chi connectivity index (χ3v) is 6.07. The van der Waals surface area contributed by atoms with E-state index in [4.69, 9.17) is 5.73 Å². The van der Waals surface area contributed by atoms with E-state index in [0.717, 1.165) is 24.8 Å². The lowest BCUT2D eigenvalue weighted by molar-refractivity contribution is 0.519. The molecule has 2 N–H and O–H groups in total. The van der Waals surface area contributed by atoms with Crippen LogP contribution >= 0.6 is 0 Å². The summed E-state index contributed by atoms with van der Waals surface area (Å²) in [5.41, 5.74) is 8.38. The van der Waals surface area contributed by atoms with Crippen LogP contribution in [0.25, 0.3) is 0 Å². The number of unbranched alkanes of at least 4 members (excludes halogenated alkanes) is 1. The van der Waals surface area contributed by atoms with Crippen molar-refractivity contribution in [2.45, 2.75) is 43.9 Å². The number of aryl methyl sites for hydroxylation is 1. The first-order chi connectivity index (χ1) is 8.56. The monoisotopic (exact) mass is 267 g/mol. The van der Waals surface area contributed by atoms with Crippen molar-refractivity contribution in [3.8, 4) is 0 Å². The molecule has 2 atom stereocenters. The van der Waals surface area contributed by atoms with Crippen LogP contribution in [-0.2, 0) is 16.3 Å². The largest absolute Gasteiger partial charge is 0.323 e. The average molecular weight is 267 g/mol. The SMILES string of the molecule is CCCCS(=O)(=O)C1CCc2ccccc2C1N. The van der Waals surface area contributed by atoms with Crippen molar-refractivity contribution in [2.24, 2.45) is 5.73 Å². The van der Waals surface area contributed by atoms with Crippen LogP contribution in [0, 0.1) is 0 Å². The molecule has 0 aliphatic heterocycles. The molecular formula is C14H21NO2S. The molecule has 18 heavy (non-hydrogen) atoms. The van der Waals surface area contributed by atoms with Crippen molar-refractivity contribution in [1.29, 1.82) is 0 Å². The number of rotatable bonds is 4. The molecule has 0 heterocycles. The highest BCUT2D eigenvalue weighted by atomic mass is 32.2. The Labute approximate surface area is 109 Å². The second-order valence-electron chi connectivity index (χ2n) is 5.02. The van der Waals surface area contributed by atoms with Crippen molar-refractivity contribution in [1.82, 2.24) is 0 Å². The molecule has 2 rings (SSSR count). The summed E-state index contributed by atoms with van der Waals surface area (Å²) in [6.45, 7) is 2.01. The second kappa shape index (κ2) is 5.41. The van der Waals surface area contributed by atoms with E-state index in [2.05, 4.69) is 0 Å². The van der Waals surface area contributed by atoms with E-state index in [1.165, 1.54) is 5.56 Å². The lowest BCUT2D eigenvalue weighted by Gasteiger charge is -2.30. The van der Waals surface area contributed by atoms with E-state index in [-0.39, 0.29) is 11.8 Å². The Balaban J connectivity index is 2.24. The quantitative estimate of drug-likeness (QED) is 0.910. The molecular weight excluding hydrogens is 246 g/mol. The zero-order valence-electron chi connectivity index (χ0n) is 10.8. The van der Waals surface area contributed by atoms with E-state index in [1.807, 2.05) is 31.2 Å². The van der Waals surface area contributed by atoms with E-state index in [0.29, 0.717) is 6.42 Å². The highest BCUT2D eigenvalue weighted by Gasteiger charge is 2.35. The van der Waals surface area contributed by atoms with Gasteiger partial charge in [-0.25, -0.2) is 8.42 Å². The van der Waals surface area contributed by atoms with Crippen molar-refractivity contribution in [3.05, 3.63) is 35.4 Å². The zero-order valence-corrected chi connectivity index (χ0v) is 11.6. The molecule has 0 radical (unpaired) electrons. The molecule has 4 heteroatoms. The summed E-state index contributed by atoms with van der Waals surface area (Å²) in [4.78, 5) is 0. The van der Waals surface area contributed by atoms with Crippen LogP contribution < -0.4 is 5.73 Å². The second-order valence-corrected chi connectivity index (χ2v) is 7.36. The number of hydrogen-bond donors (Lipinski definition) is 1. The predicted molar refractivity (Wildman–Crippen MR) is 74.2 cm³/mol. The van der Waals surface area contributed by atoms with Gasteiger partial charge in [0.25, 0.3) is 0 Å². The number of nitrogens with two attached hydrogens (primary N) is 1. The Bertz CT molecular complexity index is 510. The Morgan fingerprint density at radius 1 is 1.33 bits per heavy atom. The smallest absolute Gasteiger partial charge is 0.155 e. The van der Waals surface area contributed by atoms with Gasteiger partial charge in [-0.3, -0.25) is 0 Å². The molecule has 0 fully saturated rings. The minimum Gasteiger partial charge on any atom is -0.323 e. The van der Waals surface area contributed by atoms with Gasteiger partial charge in [0, 0.05) is 6.04 Å². The van der Waals surface area contributed by atoms with Gasteiger partial charge < -0.3 is 5.73 Å². The summed E-state index contributed by atoms with van der Waals surface area (Å²) < 4.78 is 24.6. The first-order valence-electron chi connectivity index (χ1n) is 6.61. The summed E-state index contributed by atoms with van der Waals surface area (Å²) in [5, 5.41) is -0.404. The van der Waals surface area contributed by atoms with Crippen molar-refractivity contribution < 1.29 is 8.42 Å². The molecule has 100 valence electrons. The van der Waals surface area contributed by atoms with Gasteiger partial charge in [-0.1, -0.05) is 37.6 Å². The molecule has 0 saturated heterocycles. The van der Waals surface area contributed by atoms with Crippen molar-refractivity contribution in [2.75, 3.05) is 5.75 Å². The highest BCUT2D eigenvalue weighted by molar-refractivity contribution is 7.92. The maximum atomic E-state index is 12.3. The molecule has 1 aliphatic rings. The van der Waals surface area contributed by atoms with Crippen LogP contribution in [0.2, 0.25) is 0 Å². The van der Waals surface area contributed by atoms with Crippen molar-refractivity contribution in [3.63, 3.8) is 0 Å². The number of hydrogen-bond acceptors (Lipinski definition) is 3. The maximum Gasteiger partial charge on any atom is 0.155 e. The van der Waals surface area contributed by atoms with Crippen LogP contribution in [0.1, 0.15) is 43.4 Å². The Morgan fingerprint density at radius 2 is 2.06 bits per heavy atom. The van der Waals surface area contributed by atoms with Crippen LogP contribution in [0.3, 0.4) is 0 Å². The third-order valence-electron chi connectivity index (χ3n) is 3.76. The van der Waals surface area contributed by atoms with E-state index < -0.39 is 15.1 Å². The number of benzene rings is 1. The molecule has 0 bridgehead atoms. The summed E-state index contributed by atoms with van der Waals surface area (Å²) in [5.74, 6) is 0.268. The van der Waals surface area contributed by atoms with E-state index >= 15 is 0 Å². The average Bonchev–Trinajstić information content (AvgIpc) is 2.37. The first-order valence-corrected chi connectivity index (χ1v) is 8.32. The third kappa shape index (κ3) is 2.59. The van der Waals surface area contributed by atoms with Gasteiger partial charge in [0.2, 0.25) is 0 Å². The standard InChI is InChI=1S/C14H21NO2S/c1-2-3-10-18(16,17)13-9-8-11-6-4-5-7-12(11)14(13)15/h4-7,13-14H,2-3,8-10,15H2,1H3. The Morgan fingerprint density at radius 3 is 2.78 bits per heavy atom. The van der Waals surface area contributed by atoms with Gasteiger partial charge in [0.15, 0.2) is 9.84 Å². The molecule has 0 spiro atoms. The number of sulfone groups is 1. The van der Waals surface area contributed by atoms with Gasteiger partial charge in [-0.05, 0) is 30.4 Å². The fourth-order valence-corrected chi connectivity index (χ4v) is 4.73. The van der Waals surface area contributed by atoms with Crippen LogP contribution in [0.15, 0.2) is 24.3 Å². The normalized spacial score (nSPS) is 23.7. The van der Waals surface area contributed by atoms with E-state index in [1.54, 1.807) is 0 Å². The first kappa shape index (κ1) is 13.6. The molecule has 2 unspecified atom stereocenters. The summed E-state index contributed by atoms with van der Waals surface area (Å²) in [7, 11) is -3.06. The fraction of sp³-hybridized carbons (Fsp3) is 0.571. The van der Waals surface area contributed by atoms with Crippen LogP contribution in [0.4, 0.5) is 0 Å². The lowest BCUT2D eigenvalue weighted by atomic mass is 9.88. The summed E-state index contributed by atoms with van der Waals surface area (Å²) >= 11 is 0.